The van der Waals surface area contributed by atoms with Crippen LogP contribution in [-0.2, 0) is 14.6 Å². The number of thioether (sulfide) groups is 1. The molecule has 2 heterocycles. The normalized spacial score (nSPS) is 22.4. The lowest BCUT2D eigenvalue weighted by Crippen LogP contribution is -2.37. The van der Waals surface area contributed by atoms with E-state index in [1.54, 1.807) is 30.3 Å². The standard InChI is InChI=1S/C19H18FN3O3S2/c20-14-8-4-5-9-16(14)23(10-18(24)21-13-6-2-1-3-7-13)19-22-15-11-28(25,26)12-17(15)27-19/h1-9,15,17H,10-12H2,(H,21,24)/t15-,17-/m1/s1. The third-order valence-electron chi connectivity index (χ3n) is 4.54. The lowest BCUT2D eigenvalue weighted by Gasteiger charge is -2.24. The average molecular weight is 420 g/mol. The number of halogens is 1. The Morgan fingerprint density at radius 3 is 2.57 bits per heavy atom. The number of nitrogens with one attached hydrogen (secondary N) is 1. The van der Waals surface area contributed by atoms with E-state index < -0.39 is 15.7 Å². The zero-order valence-corrected chi connectivity index (χ0v) is 16.4. The Morgan fingerprint density at radius 2 is 1.86 bits per heavy atom. The first kappa shape index (κ1) is 18.9. The van der Waals surface area contributed by atoms with Crippen LogP contribution in [-0.4, -0.2) is 48.8 Å². The molecule has 0 spiro atoms. The fraction of sp³-hybridized carbons (Fsp3) is 0.263. The van der Waals surface area contributed by atoms with Gasteiger partial charge < -0.3 is 10.2 Å². The summed E-state index contributed by atoms with van der Waals surface area (Å²) in [6.07, 6.45) is 0. The van der Waals surface area contributed by atoms with Gasteiger partial charge in [0.25, 0.3) is 0 Å². The maximum atomic E-state index is 14.5. The van der Waals surface area contributed by atoms with Crippen LogP contribution in [0.2, 0.25) is 0 Å². The molecule has 1 amide bonds. The Bertz CT molecular complexity index is 1030. The van der Waals surface area contributed by atoms with Gasteiger partial charge in [0.1, 0.15) is 12.4 Å². The van der Waals surface area contributed by atoms with E-state index in [1.165, 1.54) is 22.7 Å². The molecule has 2 aromatic carbocycles. The van der Waals surface area contributed by atoms with E-state index in [9.17, 15) is 17.6 Å². The number of anilines is 2. The van der Waals surface area contributed by atoms with Crippen molar-refractivity contribution in [2.75, 3.05) is 28.3 Å². The Labute approximate surface area is 166 Å². The second-order valence-corrected chi connectivity index (χ2v) is 10.0. The predicted octanol–water partition coefficient (Wildman–Crippen LogP) is 2.54. The number of carbonyl (C=O) groups excluding carboxylic acids is 1. The molecule has 4 rings (SSSR count). The zero-order chi connectivity index (χ0) is 19.7. The summed E-state index contributed by atoms with van der Waals surface area (Å²) in [6.45, 7) is -0.131. The summed E-state index contributed by atoms with van der Waals surface area (Å²) in [5.74, 6) is -0.739. The van der Waals surface area contributed by atoms with Crippen LogP contribution < -0.4 is 10.2 Å². The lowest BCUT2D eigenvalue weighted by molar-refractivity contribution is -0.114. The molecule has 6 nitrogen and oxygen atoms in total. The first-order chi connectivity index (χ1) is 13.4. The number of sulfone groups is 1. The van der Waals surface area contributed by atoms with Gasteiger partial charge >= 0.3 is 0 Å². The molecule has 2 atom stereocenters. The fourth-order valence-corrected chi connectivity index (χ4v) is 7.04. The minimum Gasteiger partial charge on any atom is -0.325 e. The maximum Gasteiger partial charge on any atom is 0.244 e. The van der Waals surface area contributed by atoms with Crippen molar-refractivity contribution in [1.82, 2.24) is 0 Å². The number of hydrogen-bond donors (Lipinski definition) is 1. The molecule has 1 saturated heterocycles. The first-order valence-electron chi connectivity index (χ1n) is 8.73. The minimum absolute atomic E-state index is 0.00447. The summed E-state index contributed by atoms with van der Waals surface area (Å²) in [5, 5.41) is 3.07. The van der Waals surface area contributed by atoms with E-state index in [-0.39, 0.29) is 40.9 Å². The predicted molar refractivity (Wildman–Crippen MR) is 110 cm³/mol. The van der Waals surface area contributed by atoms with Gasteiger partial charge in [0.2, 0.25) is 5.91 Å². The summed E-state index contributed by atoms with van der Waals surface area (Å²) in [4.78, 5) is 18.6. The smallest absolute Gasteiger partial charge is 0.244 e. The van der Waals surface area contributed by atoms with Crippen molar-refractivity contribution in [2.45, 2.75) is 11.3 Å². The largest absolute Gasteiger partial charge is 0.325 e. The van der Waals surface area contributed by atoms with E-state index in [0.29, 0.717) is 10.9 Å². The number of nitrogens with zero attached hydrogens (tertiary/aromatic N) is 2. The van der Waals surface area contributed by atoms with Gasteiger partial charge in [0.15, 0.2) is 15.0 Å². The average Bonchev–Trinajstić information content (AvgIpc) is 3.14. The molecule has 2 aliphatic rings. The van der Waals surface area contributed by atoms with Gasteiger partial charge in [0.05, 0.1) is 23.2 Å². The number of aliphatic imine (C=N–C) groups is 1. The number of para-hydroxylation sites is 2. The molecule has 1 N–H and O–H groups in total. The van der Waals surface area contributed by atoms with Gasteiger partial charge in [-0.3, -0.25) is 9.79 Å². The van der Waals surface area contributed by atoms with Crippen molar-refractivity contribution in [3.05, 3.63) is 60.4 Å². The number of fused-ring (bicyclic) bond motifs is 1. The summed E-state index contributed by atoms with van der Waals surface area (Å²) < 4.78 is 38.1. The first-order valence-corrected chi connectivity index (χ1v) is 11.4. The fourth-order valence-electron chi connectivity index (χ4n) is 3.26. The number of hydrogen-bond acceptors (Lipinski definition) is 6. The van der Waals surface area contributed by atoms with Gasteiger partial charge in [-0.1, -0.05) is 42.1 Å². The molecule has 0 bridgehead atoms. The molecule has 9 heteroatoms. The van der Waals surface area contributed by atoms with E-state index in [0.717, 1.165) is 0 Å². The number of amidine groups is 1. The van der Waals surface area contributed by atoms with E-state index in [4.69, 9.17) is 0 Å². The molecule has 1 fully saturated rings. The Balaban J connectivity index is 1.59. The van der Waals surface area contributed by atoms with Crippen molar-refractivity contribution in [3.8, 4) is 0 Å². The van der Waals surface area contributed by atoms with Crippen LogP contribution >= 0.6 is 11.8 Å². The van der Waals surface area contributed by atoms with Crippen LogP contribution in [0.5, 0.6) is 0 Å². The van der Waals surface area contributed by atoms with Gasteiger partial charge in [-0.15, -0.1) is 0 Å². The number of benzene rings is 2. The molecule has 146 valence electrons. The number of carbonyl (C=O) groups is 1. The molecule has 0 aliphatic carbocycles. The highest BCUT2D eigenvalue weighted by Crippen LogP contribution is 2.37. The second-order valence-electron chi connectivity index (χ2n) is 6.66. The number of amides is 1. The Morgan fingerprint density at radius 1 is 1.14 bits per heavy atom. The molecule has 0 saturated carbocycles. The molecule has 0 aromatic heterocycles. The van der Waals surface area contributed by atoms with Crippen molar-refractivity contribution in [3.63, 3.8) is 0 Å². The summed E-state index contributed by atoms with van der Waals surface area (Å²) >= 11 is 1.29. The van der Waals surface area contributed by atoms with Crippen LogP contribution in [0.25, 0.3) is 0 Å². The Hall–Kier alpha value is -2.39. The topological polar surface area (TPSA) is 78.8 Å². The number of rotatable bonds is 4. The van der Waals surface area contributed by atoms with Crippen LogP contribution in [0.15, 0.2) is 59.6 Å². The summed E-state index contributed by atoms with van der Waals surface area (Å²) in [5.41, 5.74) is 0.879. The van der Waals surface area contributed by atoms with Crippen LogP contribution in [0.1, 0.15) is 0 Å². The SMILES string of the molecule is O=C(CN(C1=N[C@@H]2CS(=O)(=O)C[C@H]2S1)c1ccccc1F)Nc1ccccc1. The highest BCUT2D eigenvalue weighted by atomic mass is 32.2. The molecule has 2 aromatic rings. The monoisotopic (exact) mass is 419 g/mol. The third-order valence-corrected chi connectivity index (χ3v) is 7.79. The highest BCUT2D eigenvalue weighted by molar-refractivity contribution is 8.15. The van der Waals surface area contributed by atoms with Crippen LogP contribution in [0.3, 0.4) is 0 Å². The summed E-state index contributed by atoms with van der Waals surface area (Å²) in [6, 6.07) is 14.8. The maximum absolute atomic E-state index is 14.5. The van der Waals surface area contributed by atoms with Crippen molar-refractivity contribution in [1.29, 1.82) is 0 Å². The molecular weight excluding hydrogens is 401 g/mol. The van der Waals surface area contributed by atoms with Crippen molar-refractivity contribution in [2.24, 2.45) is 4.99 Å². The molecule has 28 heavy (non-hydrogen) atoms. The quantitative estimate of drug-likeness (QED) is 0.824. The van der Waals surface area contributed by atoms with Gasteiger partial charge in [-0.05, 0) is 24.3 Å². The highest BCUT2D eigenvalue weighted by Gasteiger charge is 2.44. The Kier molecular flexibility index (Phi) is 5.11. The zero-order valence-electron chi connectivity index (χ0n) is 14.8. The van der Waals surface area contributed by atoms with Gasteiger partial charge in [-0.25, -0.2) is 12.8 Å². The van der Waals surface area contributed by atoms with Crippen molar-refractivity contribution >= 4 is 44.0 Å². The van der Waals surface area contributed by atoms with Crippen molar-refractivity contribution < 1.29 is 17.6 Å². The van der Waals surface area contributed by atoms with E-state index >= 15 is 0 Å². The minimum atomic E-state index is -3.09. The van der Waals surface area contributed by atoms with E-state index in [1.807, 2.05) is 18.2 Å². The van der Waals surface area contributed by atoms with Crippen LogP contribution in [0, 0.1) is 5.82 Å². The summed E-state index contributed by atoms with van der Waals surface area (Å²) in [7, 11) is -3.09. The van der Waals surface area contributed by atoms with Gasteiger partial charge in [0, 0.05) is 10.9 Å². The molecule has 2 aliphatic heterocycles. The molecular formula is C19H18FN3O3S2. The third kappa shape index (κ3) is 4.05. The van der Waals surface area contributed by atoms with E-state index in [2.05, 4.69) is 10.3 Å². The lowest BCUT2D eigenvalue weighted by atomic mass is 10.2. The van der Waals surface area contributed by atoms with Crippen LogP contribution in [0.4, 0.5) is 15.8 Å². The van der Waals surface area contributed by atoms with Gasteiger partial charge in [-0.2, -0.15) is 0 Å². The molecule has 0 radical (unpaired) electrons. The second kappa shape index (κ2) is 7.56. The molecule has 0 unspecified atom stereocenters.